The van der Waals surface area contributed by atoms with Crippen LogP contribution in [0.25, 0.3) is 0 Å². The summed E-state index contributed by atoms with van der Waals surface area (Å²) in [6.45, 7) is 10.3. The summed E-state index contributed by atoms with van der Waals surface area (Å²) in [5, 5.41) is 16.1. The van der Waals surface area contributed by atoms with Gasteiger partial charge in [0, 0.05) is 12.6 Å². The predicted octanol–water partition coefficient (Wildman–Crippen LogP) is 2.35. The van der Waals surface area contributed by atoms with Gasteiger partial charge in [0.15, 0.2) is 0 Å². The Labute approximate surface area is 128 Å². The summed E-state index contributed by atoms with van der Waals surface area (Å²) in [5.74, 6) is 0.432. The molecule has 0 aliphatic carbocycles. The molecule has 3 N–H and O–H groups in total. The van der Waals surface area contributed by atoms with Crippen molar-refractivity contribution in [3.05, 3.63) is 35.4 Å². The van der Waals surface area contributed by atoms with Gasteiger partial charge in [0.2, 0.25) is 5.91 Å². The van der Waals surface area contributed by atoms with Gasteiger partial charge in [-0.3, -0.25) is 4.79 Å². The molecule has 1 amide bonds. The number of aliphatic hydroxyl groups is 1. The number of hydrogen-bond donors (Lipinski definition) is 3. The maximum Gasteiger partial charge on any atom is 0.237 e. The van der Waals surface area contributed by atoms with E-state index in [4.69, 9.17) is 0 Å². The Morgan fingerprint density at radius 1 is 1.05 bits per heavy atom. The van der Waals surface area contributed by atoms with Crippen LogP contribution < -0.4 is 10.6 Å². The van der Waals surface area contributed by atoms with Crippen molar-refractivity contribution < 1.29 is 9.90 Å². The van der Waals surface area contributed by atoms with Crippen LogP contribution in [0.2, 0.25) is 0 Å². The molecule has 0 radical (unpaired) electrons. The molecule has 0 aromatic heterocycles. The summed E-state index contributed by atoms with van der Waals surface area (Å²) in [6.07, 6.45) is -0.611. The molecule has 1 aromatic carbocycles. The van der Waals surface area contributed by atoms with Gasteiger partial charge in [0.1, 0.15) is 0 Å². The molecule has 0 spiro atoms. The van der Waals surface area contributed by atoms with Gasteiger partial charge < -0.3 is 15.7 Å². The molecule has 0 saturated carbocycles. The summed E-state index contributed by atoms with van der Waals surface area (Å²) in [7, 11) is 0. The van der Waals surface area contributed by atoms with Crippen molar-refractivity contribution in [2.24, 2.45) is 0 Å². The van der Waals surface area contributed by atoms with Crippen LogP contribution in [-0.2, 0) is 4.79 Å². The van der Waals surface area contributed by atoms with Crippen LogP contribution in [0.1, 0.15) is 57.8 Å². The second-order valence-electron chi connectivity index (χ2n) is 6.13. The molecule has 0 aliphatic rings. The molecule has 0 fully saturated rings. The van der Waals surface area contributed by atoms with Gasteiger partial charge in [0.05, 0.1) is 12.1 Å². The number of hydrogen-bond acceptors (Lipinski definition) is 3. The van der Waals surface area contributed by atoms with E-state index in [1.165, 1.54) is 5.56 Å². The normalized spacial score (nSPS) is 14.3. The number of carbonyl (C=O) groups excluding carboxylic acids is 1. The van der Waals surface area contributed by atoms with Gasteiger partial charge >= 0.3 is 0 Å². The summed E-state index contributed by atoms with van der Waals surface area (Å²) in [4.78, 5) is 11.8. The molecule has 4 nitrogen and oxygen atoms in total. The lowest BCUT2D eigenvalue weighted by molar-refractivity contribution is -0.123. The SMILES string of the molecule is CC(C)NC(=O)C(C)NCC(O)c1ccc(C(C)C)cc1. The first-order valence-electron chi connectivity index (χ1n) is 7.63. The van der Waals surface area contributed by atoms with Crippen molar-refractivity contribution in [2.45, 2.75) is 58.7 Å². The van der Waals surface area contributed by atoms with E-state index in [0.717, 1.165) is 5.56 Å². The highest BCUT2D eigenvalue weighted by molar-refractivity contribution is 5.81. The zero-order valence-corrected chi connectivity index (χ0v) is 13.7. The van der Waals surface area contributed by atoms with Gasteiger partial charge in [-0.15, -0.1) is 0 Å². The first-order valence-corrected chi connectivity index (χ1v) is 7.63. The largest absolute Gasteiger partial charge is 0.387 e. The summed E-state index contributed by atoms with van der Waals surface area (Å²) >= 11 is 0. The lowest BCUT2D eigenvalue weighted by atomic mass is 10.00. The van der Waals surface area contributed by atoms with Gasteiger partial charge in [0.25, 0.3) is 0 Å². The van der Waals surface area contributed by atoms with Crippen LogP contribution in [0.5, 0.6) is 0 Å². The molecular weight excluding hydrogens is 264 g/mol. The number of rotatable bonds is 7. The van der Waals surface area contributed by atoms with E-state index < -0.39 is 6.10 Å². The highest BCUT2D eigenvalue weighted by Gasteiger charge is 2.15. The fourth-order valence-electron chi connectivity index (χ4n) is 2.01. The summed E-state index contributed by atoms with van der Waals surface area (Å²) in [6, 6.07) is 7.77. The number of carbonyl (C=O) groups is 1. The summed E-state index contributed by atoms with van der Waals surface area (Å²) < 4.78 is 0. The smallest absolute Gasteiger partial charge is 0.237 e. The van der Waals surface area contributed by atoms with Crippen molar-refractivity contribution >= 4 is 5.91 Å². The molecule has 0 aliphatic heterocycles. The fraction of sp³-hybridized carbons (Fsp3) is 0.588. The van der Waals surface area contributed by atoms with E-state index in [0.29, 0.717) is 12.5 Å². The standard InChI is InChI=1S/C17H28N2O2/c1-11(2)14-6-8-15(9-7-14)16(20)10-18-13(5)17(21)19-12(3)4/h6-9,11-13,16,18,20H,10H2,1-5H3,(H,19,21). The molecule has 1 rings (SSSR count). The third-order valence-electron chi connectivity index (χ3n) is 3.43. The quantitative estimate of drug-likeness (QED) is 0.723. The molecule has 0 bridgehead atoms. The second kappa shape index (κ2) is 8.15. The first kappa shape index (κ1) is 17.7. The number of nitrogens with one attached hydrogen (secondary N) is 2. The minimum absolute atomic E-state index is 0.0487. The van der Waals surface area contributed by atoms with E-state index in [-0.39, 0.29) is 18.0 Å². The zero-order valence-electron chi connectivity index (χ0n) is 13.7. The van der Waals surface area contributed by atoms with Crippen molar-refractivity contribution in [3.63, 3.8) is 0 Å². The molecule has 0 saturated heterocycles. The Kier molecular flexibility index (Phi) is 6.85. The average Bonchev–Trinajstić information content (AvgIpc) is 2.43. The van der Waals surface area contributed by atoms with Crippen LogP contribution in [0, 0.1) is 0 Å². The van der Waals surface area contributed by atoms with Crippen LogP contribution in [0.3, 0.4) is 0 Å². The molecule has 4 heteroatoms. The third-order valence-corrected chi connectivity index (χ3v) is 3.43. The van der Waals surface area contributed by atoms with Crippen LogP contribution in [0.15, 0.2) is 24.3 Å². The van der Waals surface area contributed by atoms with Gasteiger partial charge in [-0.05, 0) is 37.8 Å². The van der Waals surface area contributed by atoms with Crippen molar-refractivity contribution in [2.75, 3.05) is 6.54 Å². The lowest BCUT2D eigenvalue weighted by Crippen LogP contribution is -2.45. The molecule has 1 aromatic rings. The van der Waals surface area contributed by atoms with Crippen molar-refractivity contribution in [1.82, 2.24) is 10.6 Å². The average molecular weight is 292 g/mol. The Balaban J connectivity index is 2.49. The molecule has 2 unspecified atom stereocenters. The fourth-order valence-corrected chi connectivity index (χ4v) is 2.01. The van der Waals surface area contributed by atoms with E-state index in [1.807, 2.05) is 38.1 Å². The van der Waals surface area contributed by atoms with E-state index in [9.17, 15) is 9.90 Å². The maximum absolute atomic E-state index is 11.8. The van der Waals surface area contributed by atoms with Gasteiger partial charge in [-0.2, -0.15) is 0 Å². The molecular formula is C17H28N2O2. The molecule has 0 heterocycles. The Hall–Kier alpha value is -1.39. The van der Waals surface area contributed by atoms with Crippen LogP contribution in [0.4, 0.5) is 0 Å². The number of amides is 1. The van der Waals surface area contributed by atoms with Gasteiger partial charge in [-0.1, -0.05) is 38.1 Å². The van der Waals surface area contributed by atoms with Crippen LogP contribution >= 0.6 is 0 Å². The second-order valence-corrected chi connectivity index (χ2v) is 6.13. The third kappa shape index (κ3) is 5.86. The highest BCUT2D eigenvalue weighted by Crippen LogP contribution is 2.18. The Bertz CT molecular complexity index is 441. The zero-order chi connectivity index (χ0) is 16.0. The first-order chi connectivity index (χ1) is 9.81. The van der Waals surface area contributed by atoms with E-state index in [1.54, 1.807) is 6.92 Å². The highest BCUT2D eigenvalue weighted by atomic mass is 16.3. The Morgan fingerprint density at radius 2 is 1.57 bits per heavy atom. The Morgan fingerprint density at radius 3 is 2.05 bits per heavy atom. The van der Waals surface area contributed by atoms with E-state index in [2.05, 4.69) is 24.5 Å². The maximum atomic E-state index is 11.8. The molecule has 21 heavy (non-hydrogen) atoms. The monoisotopic (exact) mass is 292 g/mol. The van der Waals surface area contributed by atoms with Crippen molar-refractivity contribution in [1.29, 1.82) is 0 Å². The number of aliphatic hydroxyl groups excluding tert-OH is 1. The lowest BCUT2D eigenvalue weighted by Gasteiger charge is -2.19. The topological polar surface area (TPSA) is 61.4 Å². The summed E-state index contributed by atoms with van der Waals surface area (Å²) in [5.41, 5.74) is 2.12. The van der Waals surface area contributed by atoms with Crippen molar-refractivity contribution in [3.8, 4) is 0 Å². The predicted molar refractivity (Wildman–Crippen MR) is 86.2 cm³/mol. The number of benzene rings is 1. The minimum Gasteiger partial charge on any atom is -0.387 e. The molecule has 118 valence electrons. The minimum atomic E-state index is -0.611. The van der Waals surface area contributed by atoms with Crippen LogP contribution in [-0.4, -0.2) is 29.6 Å². The van der Waals surface area contributed by atoms with Gasteiger partial charge in [-0.25, -0.2) is 0 Å². The van der Waals surface area contributed by atoms with E-state index >= 15 is 0 Å². The molecule has 2 atom stereocenters.